The molecule has 0 radical (unpaired) electrons. The zero-order valence-corrected chi connectivity index (χ0v) is 19.3. The topological polar surface area (TPSA) is 100 Å². The number of aliphatic hydroxyl groups excluding tert-OH is 1. The summed E-state index contributed by atoms with van der Waals surface area (Å²) in [7, 11) is 0. The Labute approximate surface area is 197 Å². The van der Waals surface area contributed by atoms with Crippen molar-refractivity contribution < 1.29 is 19.4 Å². The number of aryl methyl sites for hydroxylation is 2. The number of aromatic nitrogens is 3. The van der Waals surface area contributed by atoms with Gasteiger partial charge in [0.25, 0.3) is 11.7 Å². The number of morpholine rings is 1. The molecule has 0 aromatic carbocycles. The number of hydrogen-bond acceptors (Lipinski definition) is 7. The van der Waals surface area contributed by atoms with Gasteiger partial charge in [-0.2, -0.15) is 0 Å². The van der Waals surface area contributed by atoms with Crippen LogP contribution in [0.3, 0.4) is 0 Å². The number of ether oxygens (including phenoxy) is 1. The smallest absolute Gasteiger partial charge is 0.295 e. The molecule has 0 saturated carbocycles. The van der Waals surface area contributed by atoms with Gasteiger partial charge >= 0.3 is 0 Å². The fourth-order valence-corrected chi connectivity index (χ4v) is 4.80. The van der Waals surface area contributed by atoms with Crippen molar-refractivity contribution in [1.29, 1.82) is 0 Å². The highest BCUT2D eigenvalue weighted by Crippen LogP contribution is 2.39. The SMILES string of the molecule is Cc1nc2c(C)cccn2c1/C(O)=C1\C(=O)C(=O)N(CCN2CCOCC2)[C@H]1c1cccnc1. The van der Waals surface area contributed by atoms with Crippen molar-refractivity contribution in [2.45, 2.75) is 19.9 Å². The molecule has 3 aromatic heterocycles. The van der Waals surface area contributed by atoms with Crippen LogP contribution in [0.2, 0.25) is 0 Å². The number of nitrogens with zero attached hydrogens (tertiary/aromatic N) is 5. The predicted octanol–water partition coefficient (Wildman–Crippen LogP) is 2.10. The summed E-state index contributed by atoms with van der Waals surface area (Å²) in [5.74, 6) is -1.54. The summed E-state index contributed by atoms with van der Waals surface area (Å²) < 4.78 is 7.18. The van der Waals surface area contributed by atoms with Crippen molar-refractivity contribution in [2.24, 2.45) is 0 Å². The number of carbonyl (C=O) groups is 2. The van der Waals surface area contributed by atoms with Crippen LogP contribution in [-0.4, -0.2) is 80.4 Å². The molecule has 2 aliphatic heterocycles. The molecule has 5 rings (SSSR count). The average Bonchev–Trinajstić information content (AvgIpc) is 3.33. The second-order valence-corrected chi connectivity index (χ2v) is 8.66. The zero-order chi connectivity index (χ0) is 23.8. The number of pyridine rings is 2. The maximum atomic E-state index is 13.3. The number of fused-ring (bicyclic) bond motifs is 1. The first kappa shape index (κ1) is 22.2. The van der Waals surface area contributed by atoms with E-state index < -0.39 is 17.7 Å². The van der Waals surface area contributed by atoms with Gasteiger partial charge in [-0.05, 0) is 37.1 Å². The van der Waals surface area contributed by atoms with Gasteiger partial charge in [0, 0.05) is 44.8 Å². The predicted molar refractivity (Wildman–Crippen MR) is 125 cm³/mol. The lowest BCUT2D eigenvalue weighted by atomic mass is 9.97. The maximum Gasteiger partial charge on any atom is 0.295 e. The Morgan fingerprint density at radius 2 is 1.94 bits per heavy atom. The number of carbonyl (C=O) groups excluding carboxylic acids is 2. The normalized spacial score (nSPS) is 21.0. The van der Waals surface area contributed by atoms with E-state index in [1.54, 1.807) is 40.9 Å². The number of imidazole rings is 1. The minimum Gasteiger partial charge on any atom is -0.505 e. The Hall–Kier alpha value is -3.56. The molecule has 9 heteroatoms. The highest BCUT2D eigenvalue weighted by Gasteiger charge is 2.46. The summed E-state index contributed by atoms with van der Waals surface area (Å²) >= 11 is 0. The van der Waals surface area contributed by atoms with E-state index in [1.807, 2.05) is 25.1 Å². The third kappa shape index (κ3) is 3.76. The van der Waals surface area contributed by atoms with E-state index in [2.05, 4.69) is 14.9 Å². The Bertz CT molecular complexity index is 1280. The van der Waals surface area contributed by atoms with Crippen LogP contribution in [0.5, 0.6) is 0 Å². The van der Waals surface area contributed by atoms with Crippen molar-refractivity contribution in [3.05, 3.63) is 70.9 Å². The van der Waals surface area contributed by atoms with Gasteiger partial charge in [0.15, 0.2) is 5.76 Å². The molecule has 0 spiro atoms. The van der Waals surface area contributed by atoms with Gasteiger partial charge in [0.2, 0.25) is 0 Å². The molecule has 1 amide bonds. The summed E-state index contributed by atoms with van der Waals surface area (Å²) in [6.45, 7) is 7.55. The van der Waals surface area contributed by atoms with Gasteiger partial charge in [-0.15, -0.1) is 0 Å². The largest absolute Gasteiger partial charge is 0.505 e. The molecule has 2 fully saturated rings. The number of amides is 1. The van der Waals surface area contributed by atoms with E-state index in [4.69, 9.17) is 4.74 Å². The minimum atomic E-state index is -0.732. The number of likely N-dealkylation sites (tertiary alicyclic amines) is 1. The number of rotatable bonds is 5. The number of aliphatic hydroxyl groups is 1. The van der Waals surface area contributed by atoms with Crippen LogP contribution >= 0.6 is 0 Å². The van der Waals surface area contributed by atoms with Crippen molar-refractivity contribution in [1.82, 2.24) is 24.2 Å². The molecule has 1 atom stereocenters. The van der Waals surface area contributed by atoms with Crippen LogP contribution < -0.4 is 0 Å². The molecular weight excluding hydrogens is 434 g/mol. The summed E-state index contributed by atoms with van der Waals surface area (Å²) in [6, 6.07) is 6.65. The van der Waals surface area contributed by atoms with Crippen LogP contribution in [0, 0.1) is 13.8 Å². The molecule has 3 aromatic rings. The molecule has 5 heterocycles. The molecule has 34 heavy (non-hydrogen) atoms. The van der Waals surface area contributed by atoms with Crippen LogP contribution in [0.15, 0.2) is 48.4 Å². The van der Waals surface area contributed by atoms with Gasteiger partial charge in [-0.25, -0.2) is 4.98 Å². The quantitative estimate of drug-likeness (QED) is 0.353. The maximum absolute atomic E-state index is 13.3. The second kappa shape index (κ2) is 9.00. The first-order valence-electron chi connectivity index (χ1n) is 11.4. The third-order valence-electron chi connectivity index (χ3n) is 6.54. The standard InChI is InChI=1S/C25H27N5O4/c1-16-5-4-8-29-20(17(2)27-24(16)29)22(31)19-21(18-6-3-7-26-15-18)30(25(33)23(19)32)10-9-28-11-13-34-14-12-28/h3-8,15,21,31H,9-14H2,1-2H3/b22-19+/t21-/m0/s1. The molecule has 9 nitrogen and oxygen atoms in total. The van der Waals surface area contributed by atoms with Crippen LogP contribution in [0.25, 0.3) is 11.4 Å². The van der Waals surface area contributed by atoms with Crippen molar-refractivity contribution >= 4 is 23.1 Å². The lowest BCUT2D eigenvalue weighted by Crippen LogP contribution is -2.42. The summed E-state index contributed by atoms with van der Waals surface area (Å²) in [5, 5.41) is 11.5. The minimum absolute atomic E-state index is 0.0615. The summed E-state index contributed by atoms with van der Waals surface area (Å²) in [4.78, 5) is 39.1. The van der Waals surface area contributed by atoms with E-state index in [9.17, 15) is 14.7 Å². The molecule has 2 saturated heterocycles. The molecule has 2 aliphatic rings. The second-order valence-electron chi connectivity index (χ2n) is 8.66. The van der Waals surface area contributed by atoms with E-state index in [0.717, 1.165) is 18.7 Å². The zero-order valence-electron chi connectivity index (χ0n) is 19.3. The van der Waals surface area contributed by atoms with Gasteiger partial charge in [0.1, 0.15) is 11.3 Å². The Balaban J connectivity index is 1.61. The monoisotopic (exact) mass is 461 g/mol. The van der Waals surface area contributed by atoms with E-state index in [-0.39, 0.29) is 11.3 Å². The van der Waals surface area contributed by atoms with Gasteiger partial charge in [0.05, 0.1) is 30.5 Å². The molecule has 1 N–H and O–H groups in total. The van der Waals surface area contributed by atoms with E-state index in [1.165, 1.54) is 0 Å². The van der Waals surface area contributed by atoms with Crippen LogP contribution in [0.4, 0.5) is 0 Å². The lowest BCUT2D eigenvalue weighted by Gasteiger charge is -2.30. The summed E-state index contributed by atoms with van der Waals surface area (Å²) in [6.07, 6.45) is 5.07. The molecular formula is C25H27N5O4. The highest BCUT2D eigenvalue weighted by atomic mass is 16.5. The average molecular weight is 462 g/mol. The first-order chi connectivity index (χ1) is 16.5. The third-order valence-corrected chi connectivity index (χ3v) is 6.54. The highest BCUT2D eigenvalue weighted by molar-refractivity contribution is 6.46. The van der Waals surface area contributed by atoms with Crippen LogP contribution in [-0.2, 0) is 14.3 Å². The molecule has 176 valence electrons. The lowest BCUT2D eigenvalue weighted by molar-refractivity contribution is -0.140. The Kier molecular flexibility index (Phi) is 5.89. The summed E-state index contributed by atoms with van der Waals surface area (Å²) in [5.41, 5.74) is 3.37. The van der Waals surface area contributed by atoms with E-state index >= 15 is 0 Å². The Morgan fingerprint density at radius 3 is 2.68 bits per heavy atom. The van der Waals surface area contributed by atoms with Gasteiger partial charge in [-0.1, -0.05) is 12.1 Å². The van der Waals surface area contributed by atoms with Gasteiger partial charge < -0.3 is 14.7 Å². The van der Waals surface area contributed by atoms with E-state index in [0.29, 0.717) is 48.9 Å². The van der Waals surface area contributed by atoms with Gasteiger partial charge in [-0.3, -0.25) is 23.9 Å². The molecule has 0 unspecified atom stereocenters. The Morgan fingerprint density at radius 1 is 1.15 bits per heavy atom. The van der Waals surface area contributed by atoms with Crippen molar-refractivity contribution in [3.8, 4) is 0 Å². The number of ketones is 1. The molecule has 0 bridgehead atoms. The fourth-order valence-electron chi connectivity index (χ4n) is 4.80. The first-order valence-corrected chi connectivity index (χ1v) is 11.4. The number of Topliss-reactive ketones (excluding diaryl/α,β-unsaturated/α-hetero) is 1. The van der Waals surface area contributed by atoms with Crippen molar-refractivity contribution in [3.63, 3.8) is 0 Å². The molecule has 0 aliphatic carbocycles. The number of hydrogen-bond donors (Lipinski definition) is 1. The van der Waals surface area contributed by atoms with Crippen molar-refractivity contribution in [2.75, 3.05) is 39.4 Å². The van der Waals surface area contributed by atoms with Crippen LogP contribution in [0.1, 0.15) is 28.6 Å². The fraction of sp³-hybridized carbons (Fsp3) is 0.360.